The first-order valence-electron chi connectivity index (χ1n) is 12.0. The van der Waals surface area contributed by atoms with E-state index in [-0.39, 0.29) is 6.03 Å². The van der Waals surface area contributed by atoms with Gasteiger partial charge in [0.15, 0.2) is 0 Å². The van der Waals surface area contributed by atoms with Crippen LogP contribution < -0.4 is 10.2 Å². The van der Waals surface area contributed by atoms with E-state index in [9.17, 15) is 4.79 Å². The molecule has 2 aromatic heterocycles. The third-order valence-corrected chi connectivity index (χ3v) is 8.50. The van der Waals surface area contributed by atoms with Crippen LogP contribution in [0.4, 0.5) is 16.3 Å². The molecule has 3 heterocycles. The standard InChI is InChI=1S/C25H29Cl2N5OS/c1-3-5-20-28-23(21-16-9-8-15(2)14-19(16)34-24(21)29-20)31-10-12-32(13-11-31)25(33)30-22-17(26)6-4-7-18(22)27/h4,6-7,15H,3,5,8-14H2,1-2H3,(H,30,33)/t15-/m0/s1. The lowest BCUT2D eigenvalue weighted by Crippen LogP contribution is -2.50. The minimum Gasteiger partial charge on any atom is -0.352 e. The number of piperazine rings is 1. The van der Waals surface area contributed by atoms with Gasteiger partial charge in [0.05, 0.1) is 21.1 Å². The minimum absolute atomic E-state index is 0.184. The molecule has 180 valence electrons. The fourth-order valence-corrected chi connectivity index (χ4v) is 6.74. The predicted octanol–water partition coefficient (Wildman–Crippen LogP) is 6.43. The second-order valence-corrected chi connectivity index (χ2v) is 11.1. The van der Waals surface area contributed by atoms with Crippen LogP contribution in [0.5, 0.6) is 0 Å². The number of nitrogens with one attached hydrogen (secondary N) is 1. The Morgan fingerprint density at radius 1 is 1.18 bits per heavy atom. The van der Waals surface area contributed by atoms with Gasteiger partial charge in [-0.3, -0.25) is 0 Å². The molecule has 3 aromatic rings. The van der Waals surface area contributed by atoms with Crippen molar-refractivity contribution in [3.8, 4) is 0 Å². The first-order valence-corrected chi connectivity index (χ1v) is 13.6. The molecular formula is C25H29Cl2N5OS. The van der Waals surface area contributed by atoms with E-state index in [1.54, 1.807) is 18.2 Å². The quantitative estimate of drug-likeness (QED) is 0.433. The number of aryl methyl sites for hydroxylation is 2. The van der Waals surface area contributed by atoms with Crippen LogP contribution in [-0.2, 0) is 19.3 Å². The van der Waals surface area contributed by atoms with Crippen molar-refractivity contribution in [1.29, 1.82) is 0 Å². The predicted molar refractivity (Wildman–Crippen MR) is 142 cm³/mol. The van der Waals surface area contributed by atoms with Crippen molar-refractivity contribution in [3.05, 3.63) is 44.5 Å². The summed E-state index contributed by atoms with van der Waals surface area (Å²) in [5, 5.41) is 4.99. The summed E-state index contributed by atoms with van der Waals surface area (Å²) in [5.41, 5.74) is 1.91. The molecule has 1 aliphatic heterocycles. The highest BCUT2D eigenvalue weighted by Crippen LogP contribution is 2.41. The maximum Gasteiger partial charge on any atom is 0.322 e. The first kappa shape index (κ1) is 23.6. The first-order chi connectivity index (χ1) is 16.4. The number of urea groups is 1. The number of anilines is 2. The molecule has 1 saturated heterocycles. The van der Waals surface area contributed by atoms with Crippen LogP contribution in [-0.4, -0.2) is 47.1 Å². The summed E-state index contributed by atoms with van der Waals surface area (Å²) in [6.45, 7) is 7.15. The van der Waals surface area contributed by atoms with E-state index in [1.165, 1.54) is 22.2 Å². The van der Waals surface area contributed by atoms with E-state index >= 15 is 0 Å². The summed E-state index contributed by atoms with van der Waals surface area (Å²) in [7, 11) is 0. The number of carbonyl (C=O) groups excluding carboxylic acids is 1. The van der Waals surface area contributed by atoms with E-state index in [0.717, 1.165) is 61.2 Å². The number of carbonyl (C=O) groups is 1. The molecule has 1 fully saturated rings. The summed E-state index contributed by atoms with van der Waals surface area (Å²) in [6.07, 6.45) is 5.35. The van der Waals surface area contributed by atoms with E-state index in [0.29, 0.717) is 28.8 Å². The van der Waals surface area contributed by atoms with Gasteiger partial charge >= 0.3 is 6.03 Å². The average molecular weight is 519 g/mol. The molecule has 9 heteroatoms. The molecule has 0 spiro atoms. The Kier molecular flexibility index (Phi) is 6.87. The van der Waals surface area contributed by atoms with Crippen molar-refractivity contribution in [3.63, 3.8) is 0 Å². The van der Waals surface area contributed by atoms with Gasteiger partial charge in [-0.2, -0.15) is 0 Å². The highest BCUT2D eigenvalue weighted by molar-refractivity contribution is 7.19. The molecule has 34 heavy (non-hydrogen) atoms. The molecule has 1 atom stereocenters. The van der Waals surface area contributed by atoms with Gasteiger partial charge in [-0.1, -0.05) is 43.1 Å². The molecule has 6 nitrogen and oxygen atoms in total. The zero-order chi connectivity index (χ0) is 23.8. The normalized spacial score (nSPS) is 18.3. The lowest BCUT2D eigenvalue weighted by atomic mass is 9.89. The molecule has 0 radical (unpaired) electrons. The number of hydrogen-bond donors (Lipinski definition) is 1. The van der Waals surface area contributed by atoms with Crippen LogP contribution in [0.25, 0.3) is 10.2 Å². The van der Waals surface area contributed by atoms with Crippen LogP contribution in [0.3, 0.4) is 0 Å². The third-order valence-electron chi connectivity index (χ3n) is 6.72. The highest BCUT2D eigenvalue weighted by atomic mass is 35.5. The monoisotopic (exact) mass is 517 g/mol. The third kappa shape index (κ3) is 4.58. The molecule has 2 amide bonds. The van der Waals surface area contributed by atoms with Gasteiger partial charge in [-0.25, -0.2) is 14.8 Å². The molecule has 2 aliphatic rings. The minimum atomic E-state index is -0.184. The molecular weight excluding hydrogens is 489 g/mol. The van der Waals surface area contributed by atoms with E-state index in [2.05, 4.69) is 24.1 Å². The number of para-hydroxylation sites is 1. The number of hydrogen-bond acceptors (Lipinski definition) is 5. The molecule has 0 bridgehead atoms. The number of rotatable bonds is 4. The summed E-state index contributed by atoms with van der Waals surface area (Å²) in [4.78, 5) is 29.6. The fourth-order valence-electron chi connectivity index (χ4n) is 4.85. The lowest BCUT2D eigenvalue weighted by Gasteiger charge is -2.36. The number of nitrogens with zero attached hydrogens (tertiary/aromatic N) is 4. The van der Waals surface area contributed by atoms with Crippen molar-refractivity contribution < 1.29 is 4.79 Å². The van der Waals surface area contributed by atoms with Crippen molar-refractivity contribution >= 4 is 62.3 Å². The number of amides is 2. The summed E-state index contributed by atoms with van der Waals surface area (Å²) in [6, 6.07) is 5.02. The molecule has 0 unspecified atom stereocenters. The molecule has 0 saturated carbocycles. The number of fused-ring (bicyclic) bond motifs is 3. The average Bonchev–Trinajstić information content (AvgIpc) is 3.18. The number of halogens is 2. The van der Waals surface area contributed by atoms with Gasteiger partial charge in [0.25, 0.3) is 0 Å². The van der Waals surface area contributed by atoms with Gasteiger partial charge in [-0.15, -0.1) is 11.3 Å². The second kappa shape index (κ2) is 9.88. The van der Waals surface area contributed by atoms with Gasteiger partial charge < -0.3 is 15.1 Å². The summed E-state index contributed by atoms with van der Waals surface area (Å²) in [5.74, 6) is 2.70. The smallest absolute Gasteiger partial charge is 0.322 e. The van der Waals surface area contributed by atoms with Crippen LogP contribution >= 0.6 is 34.5 Å². The Morgan fingerprint density at radius 2 is 1.91 bits per heavy atom. The molecule has 1 N–H and O–H groups in total. The summed E-state index contributed by atoms with van der Waals surface area (Å²) >= 11 is 14.3. The van der Waals surface area contributed by atoms with Crippen LogP contribution in [0, 0.1) is 5.92 Å². The number of benzene rings is 1. The Labute approximate surface area is 214 Å². The number of aromatic nitrogens is 2. The molecule has 5 rings (SSSR count). The van der Waals surface area contributed by atoms with Crippen molar-refractivity contribution in [1.82, 2.24) is 14.9 Å². The topological polar surface area (TPSA) is 61.4 Å². The van der Waals surface area contributed by atoms with E-state index < -0.39 is 0 Å². The van der Waals surface area contributed by atoms with Crippen molar-refractivity contribution in [2.75, 3.05) is 36.4 Å². The summed E-state index contributed by atoms with van der Waals surface area (Å²) < 4.78 is 0. The lowest BCUT2D eigenvalue weighted by molar-refractivity contribution is 0.208. The highest BCUT2D eigenvalue weighted by Gasteiger charge is 2.29. The van der Waals surface area contributed by atoms with Crippen LogP contribution in [0.1, 0.15) is 43.0 Å². The second-order valence-electron chi connectivity index (χ2n) is 9.25. The molecule has 1 aliphatic carbocycles. The zero-order valence-corrected chi connectivity index (χ0v) is 21.9. The van der Waals surface area contributed by atoms with Crippen LogP contribution in [0.15, 0.2) is 18.2 Å². The molecule has 1 aromatic carbocycles. The van der Waals surface area contributed by atoms with Crippen LogP contribution in [0.2, 0.25) is 10.0 Å². The Bertz CT molecular complexity index is 1200. The zero-order valence-electron chi connectivity index (χ0n) is 19.5. The van der Waals surface area contributed by atoms with Gasteiger partial charge in [0, 0.05) is 37.5 Å². The largest absolute Gasteiger partial charge is 0.352 e. The fraction of sp³-hybridized carbons (Fsp3) is 0.480. The maximum absolute atomic E-state index is 12.9. The Hall–Kier alpha value is -2.09. The number of thiophene rings is 1. The van der Waals surface area contributed by atoms with E-state index in [1.807, 2.05) is 16.2 Å². The van der Waals surface area contributed by atoms with Gasteiger partial charge in [-0.05, 0) is 49.3 Å². The van der Waals surface area contributed by atoms with Crippen molar-refractivity contribution in [2.45, 2.75) is 46.0 Å². The van der Waals surface area contributed by atoms with E-state index in [4.69, 9.17) is 33.2 Å². The van der Waals surface area contributed by atoms with Gasteiger partial charge in [0.1, 0.15) is 16.5 Å². The maximum atomic E-state index is 12.9. The Balaban J connectivity index is 1.37. The SMILES string of the molecule is CCCc1nc(N2CCN(C(=O)Nc3c(Cl)cccc3Cl)CC2)c2c3c(sc2n1)C[C@@H](C)CC3. The van der Waals surface area contributed by atoms with Crippen molar-refractivity contribution in [2.24, 2.45) is 5.92 Å². The van der Waals surface area contributed by atoms with Gasteiger partial charge in [0.2, 0.25) is 0 Å². The Morgan fingerprint density at radius 3 is 2.62 bits per heavy atom.